The molecule has 1 aromatic carbocycles. The summed E-state index contributed by atoms with van der Waals surface area (Å²) in [5.74, 6) is 0.299. The molecule has 2 N–H and O–H groups in total. The molecule has 1 aliphatic heterocycles. The highest BCUT2D eigenvalue weighted by Crippen LogP contribution is 2.35. The Bertz CT molecular complexity index is 633. The van der Waals surface area contributed by atoms with Gasteiger partial charge in [0, 0.05) is 17.6 Å². The summed E-state index contributed by atoms with van der Waals surface area (Å²) in [4.78, 5) is 26.1. The van der Waals surface area contributed by atoms with Crippen LogP contribution in [0.1, 0.15) is 48.9 Å². The number of fused-ring (bicyclic) bond motifs is 1. The van der Waals surface area contributed by atoms with Crippen LogP contribution >= 0.6 is 11.6 Å². The average molecular weight is 351 g/mol. The van der Waals surface area contributed by atoms with Gasteiger partial charge in [-0.2, -0.15) is 0 Å². The Balaban J connectivity index is 1.66. The van der Waals surface area contributed by atoms with E-state index >= 15 is 0 Å². The van der Waals surface area contributed by atoms with Crippen molar-refractivity contribution in [3.63, 3.8) is 0 Å². The van der Waals surface area contributed by atoms with Crippen LogP contribution < -0.4 is 10.5 Å². The summed E-state index contributed by atoms with van der Waals surface area (Å²) < 4.78 is 5.60. The normalized spacial score (nSPS) is 23.5. The smallest absolute Gasteiger partial charge is 0.260 e. The van der Waals surface area contributed by atoms with E-state index in [0.29, 0.717) is 22.7 Å². The molecule has 0 unspecified atom stereocenters. The zero-order chi connectivity index (χ0) is 17.1. The molecule has 130 valence electrons. The molecule has 1 saturated heterocycles. The standard InChI is InChI=1S/C18H23ClN2O3/c19-13-7-8-16(14(10-13)18(20)23)24-11-17(22)21-9-3-5-12-4-1-2-6-15(12)21/h7-8,10,12,15H,1-6,9,11H2,(H2,20,23)/t12-,15+/m0/s1. The van der Waals surface area contributed by atoms with Gasteiger partial charge >= 0.3 is 0 Å². The van der Waals surface area contributed by atoms with Crippen molar-refractivity contribution in [2.45, 2.75) is 44.6 Å². The summed E-state index contributed by atoms with van der Waals surface area (Å²) in [6, 6.07) is 5.01. The van der Waals surface area contributed by atoms with Crippen molar-refractivity contribution in [1.82, 2.24) is 4.90 Å². The number of amides is 2. The second-order valence-electron chi connectivity index (χ2n) is 6.63. The summed E-state index contributed by atoms with van der Waals surface area (Å²) in [6.45, 7) is 0.720. The molecule has 5 nitrogen and oxygen atoms in total. The third kappa shape index (κ3) is 3.66. The van der Waals surface area contributed by atoms with Crippen molar-refractivity contribution < 1.29 is 14.3 Å². The highest BCUT2D eigenvalue weighted by Gasteiger charge is 2.35. The van der Waals surface area contributed by atoms with Crippen LogP contribution in [0.5, 0.6) is 5.75 Å². The van der Waals surface area contributed by atoms with Gasteiger partial charge in [0.25, 0.3) is 11.8 Å². The third-order valence-corrected chi connectivity index (χ3v) is 5.36. The van der Waals surface area contributed by atoms with Crippen LogP contribution in [0, 0.1) is 5.92 Å². The molecule has 2 fully saturated rings. The molecule has 0 bridgehead atoms. The fraction of sp³-hybridized carbons (Fsp3) is 0.556. The molecule has 1 aromatic rings. The van der Waals surface area contributed by atoms with Crippen LogP contribution in [-0.2, 0) is 4.79 Å². The number of carbonyl (C=O) groups is 2. The molecule has 2 aliphatic rings. The summed E-state index contributed by atoms with van der Waals surface area (Å²) in [5, 5.41) is 0.406. The van der Waals surface area contributed by atoms with Gasteiger partial charge in [-0.25, -0.2) is 0 Å². The number of hydrogen-bond acceptors (Lipinski definition) is 3. The van der Waals surface area contributed by atoms with Gasteiger partial charge in [-0.1, -0.05) is 24.4 Å². The van der Waals surface area contributed by atoms with Crippen LogP contribution in [0.4, 0.5) is 0 Å². The van der Waals surface area contributed by atoms with Crippen LogP contribution in [-0.4, -0.2) is 35.9 Å². The molecule has 1 saturated carbocycles. The van der Waals surface area contributed by atoms with E-state index in [0.717, 1.165) is 19.4 Å². The first-order chi connectivity index (χ1) is 11.6. The summed E-state index contributed by atoms with van der Waals surface area (Å²) in [6.07, 6.45) is 7.04. The molecular formula is C18H23ClN2O3. The number of nitrogens with zero attached hydrogens (tertiary/aromatic N) is 1. The van der Waals surface area contributed by atoms with Gasteiger partial charge in [0.15, 0.2) is 6.61 Å². The number of ether oxygens (including phenoxy) is 1. The molecule has 1 aliphatic carbocycles. The largest absolute Gasteiger partial charge is 0.483 e. The quantitative estimate of drug-likeness (QED) is 0.907. The first-order valence-electron chi connectivity index (χ1n) is 8.58. The number of carbonyl (C=O) groups excluding carboxylic acids is 2. The van der Waals surface area contributed by atoms with E-state index in [9.17, 15) is 9.59 Å². The van der Waals surface area contributed by atoms with Crippen molar-refractivity contribution in [3.05, 3.63) is 28.8 Å². The monoisotopic (exact) mass is 350 g/mol. The summed E-state index contributed by atoms with van der Waals surface area (Å²) in [7, 11) is 0. The number of likely N-dealkylation sites (tertiary alicyclic amines) is 1. The highest BCUT2D eigenvalue weighted by atomic mass is 35.5. The van der Waals surface area contributed by atoms with Gasteiger partial charge < -0.3 is 15.4 Å². The van der Waals surface area contributed by atoms with Crippen molar-refractivity contribution in [3.8, 4) is 5.75 Å². The van der Waals surface area contributed by atoms with Crippen molar-refractivity contribution in [2.24, 2.45) is 11.7 Å². The Kier molecular flexibility index (Phi) is 5.29. The third-order valence-electron chi connectivity index (χ3n) is 5.12. The Hall–Kier alpha value is -1.75. The van der Waals surface area contributed by atoms with E-state index in [1.54, 1.807) is 12.1 Å². The summed E-state index contributed by atoms with van der Waals surface area (Å²) >= 11 is 5.88. The molecule has 0 spiro atoms. The lowest BCUT2D eigenvalue weighted by Gasteiger charge is -2.44. The molecule has 3 rings (SSSR count). The van der Waals surface area contributed by atoms with Crippen LogP contribution in [0.3, 0.4) is 0 Å². The lowest BCUT2D eigenvalue weighted by Crippen LogP contribution is -2.51. The predicted octanol–water partition coefficient (Wildman–Crippen LogP) is 3.00. The van der Waals surface area contributed by atoms with Gasteiger partial charge in [0.2, 0.25) is 0 Å². The molecule has 6 heteroatoms. The topological polar surface area (TPSA) is 72.6 Å². The summed E-state index contributed by atoms with van der Waals surface area (Å²) in [5.41, 5.74) is 5.55. The average Bonchev–Trinajstić information content (AvgIpc) is 2.59. The minimum atomic E-state index is -0.620. The van der Waals surface area contributed by atoms with Gasteiger partial charge in [-0.3, -0.25) is 9.59 Å². The Morgan fingerprint density at radius 2 is 1.96 bits per heavy atom. The van der Waals surface area contributed by atoms with Crippen LogP contribution in [0.25, 0.3) is 0 Å². The second kappa shape index (κ2) is 7.43. The number of nitrogens with two attached hydrogens (primary N) is 1. The van der Waals surface area contributed by atoms with Gasteiger partial charge in [-0.05, 0) is 49.8 Å². The van der Waals surface area contributed by atoms with Crippen LogP contribution in [0.2, 0.25) is 5.02 Å². The number of hydrogen-bond donors (Lipinski definition) is 1. The Morgan fingerprint density at radius 1 is 1.21 bits per heavy atom. The molecule has 2 atom stereocenters. The molecular weight excluding hydrogens is 328 g/mol. The maximum atomic E-state index is 12.6. The van der Waals surface area contributed by atoms with Gasteiger partial charge in [0.05, 0.1) is 5.56 Å². The van der Waals surface area contributed by atoms with Crippen molar-refractivity contribution in [2.75, 3.05) is 13.2 Å². The molecule has 24 heavy (non-hydrogen) atoms. The molecule has 1 heterocycles. The minimum absolute atomic E-state index is 0.0167. The second-order valence-corrected chi connectivity index (χ2v) is 7.07. The maximum absolute atomic E-state index is 12.6. The van der Waals surface area contributed by atoms with E-state index in [1.165, 1.54) is 31.7 Å². The van der Waals surface area contributed by atoms with E-state index < -0.39 is 5.91 Å². The fourth-order valence-corrected chi connectivity index (χ4v) is 4.15. The SMILES string of the molecule is NC(=O)c1cc(Cl)ccc1OCC(=O)N1CCC[C@@H]2CCCC[C@H]21. The molecule has 0 radical (unpaired) electrons. The minimum Gasteiger partial charge on any atom is -0.483 e. The van der Waals surface area contributed by atoms with Gasteiger partial charge in [-0.15, -0.1) is 0 Å². The number of piperidine rings is 1. The fourth-order valence-electron chi connectivity index (χ4n) is 3.98. The van der Waals surface area contributed by atoms with Crippen molar-refractivity contribution >= 4 is 23.4 Å². The zero-order valence-electron chi connectivity index (χ0n) is 13.7. The number of primary amides is 1. The van der Waals surface area contributed by atoms with Crippen molar-refractivity contribution in [1.29, 1.82) is 0 Å². The maximum Gasteiger partial charge on any atom is 0.260 e. The zero-order valence-corrected chi connectivity index (χ0v) is 14.4. The first-order valence-corrected chi connectivity index (χ1v) is 8.95. The first kappa shape index (κ1) is 17.1. The van der Waals surface area contributed by atoms with Gasteiger partial charge in [0.1, 0.15) is 5.75 Å². The predicted molar refractivity (Wildman–Crippen MR) is 92.2 cm³/mol. The number of halogens is 1. The molecule has 2 amide bonds. The Morgan fingerprint density at radius 3 is 2.75 bits per heavy atom. The van der Waals surface area contributed by atoms with E-state index in [1.807, 2.05) is 4.90 Å². The van der Waals surface area contributed by atoms with E-state index in [-0.39, 0.29) is 18.1 Å². The van der Waals surface area contributed by atoms with E-state index in [4.69, 9.17) is 22.1 Å². The number of rotatable bonds is 4. The lowest BCUT2D eigenvalue weighted by molar-refractivity contribution is -0.139. The highest BCUT2D eigenvalue weighted by molar-refractivity contribution is 6.31. The Labute approximate surface area is 147 Å². The van der Waals surface area contributed by atoms with E-state index in [2.05, 4.69) is 0 Å². The van der Waals surface area contributed by atoms with Crippen LogP contribution in [0.15, 0.2) is 18.2 Å². The lowest BCUT2D eigenvalue weighted by atomic mass is 9.78. The number of benzene rings is 1. The molecule has 0 aromatic heterocycles.